The topological polar surface area (TPSA) is 58.2 Å². The quantitative estimate of drug-likeness (QED) is 0.674. The van der Waals surface area contributed by atoms with Gasteiger partial charge in [0.1, 0.15) is 11.6 Å². The van der Waals surface area contributed by atoms with E-state index in [2.05, 4.69) is 14.9 Å². The summed E-state index contributed by atoms with van der Waals surface area (Å²) in [5.74, 6) is 2.10. The minimum Gasteiger partial charge on any atom is -0.496 e. The molecule has 0 saturated carbocycles. The molecule has 3 aromatic rings. The number of carbonyl (C=O) groups is 1. The van der Waals surface area contributed by atoms with Crippen LogP contribution < -0.4 is 4.74 Å². The minimum absolute atomic E-state index is 0.0327. The Morgan fingerprint density at radius 2 is 2.00 bits per heavy atom. The number of aryl methyl sites for hydroxylation is 2. The number of ether oxygens (including phenoxy) is 1. The van der Waals surface area contributed by atoms with E-state index in [0.717, 1.165) is 71.8 Å². The van der Waals surface area contributed by atoms with Gasteiger partial charge in [-0.2, -0.15) is 0 Å². The Balaban J connectivity index is 1.48. The molecule has 0 radical (unpaired) electrons. The first-order chi connectivity index (χ1) is 13.5. The van der Waals surface area contributed by atoms with Crippen molar-refractivity contribution in [1.82, 2.24) is 14.9 Å². The van der Waals surface area contributed by atoms with Crippen molar-refractivity contribution in [3.8, 4) is 5.75 Å². The van der Waals surface area contributed by atoms with Crippen molar-refractivity contribution >= 4 is 16.8 Å². The molecular weight excluding hydrogens is 350 g/mol. The van der Waals surface area contributed by atoms with Gasteiger partial charge in [0.25, 0.3) is 0 Å². The molecule has 0 aliphatic carbocycles. The van der Waals surface area contributed by atoms with Crippen LogP contribution in [0.2, 0.25) is 0 Å². The Labute approximate surface area is 165 Å². The molecule has 1 atom stereocenters. The zero-order valence-corrected chi connectivity index (χ0v) is 16.8. The van der Waals surface area contributed by atoms with Gasteiger partial charge in [-0.05, 0) is 68.6 Å². The highest BCUT2D eigenvalue weighted by atomic mass is 16.5. The van der Waals surface area contributed by atoms with Gasteiger partial charge in [-0.3, -0.25) is 9.69 Å². The number of carbonyl (C=O) groups excluding carboxylic acids is 1. The van der Waals surface area contributed by atoms with Crippen LogP contribution in [-0.4, -0.2) is 40.9 Å². The van der Waals surface area contributed by atoms with E-state index >= 15 is 0 Å². The second-order valence-electron chi connectivity index (χ2n) is 7.78. The predicted molar refractivity (Wildman–Crippen MR) is 111 cm³/mol. The Kier molecular flexibility index (Phi) is 5.18. The number of hydrogen-bond donors (Lipinski definition) is 1. The molecular formula is C23H27N3O2. The molecule has 0 bridgehead atoms. The first-order valence-corrected chi connectivity index (χ1v) is 9.90. The molecule has 1 unspecified atom stereocenters. The zero-order valence-electron chi connectivity index (χ0n) is 16.8. The summed E-state index contributed by atoms with van der Waals surface area (Å²) in [6, 6.07) is 12.0. The van der Waals surface area contributed by atoms with Crippen LogP contribution in [0.5, 0.6) is 5.75 Å². The number of aromatic nitrogens is 2. The predicted octanol–water partition coefficient (Wildman–Crippen LogP) is 4.28. The second kappa shape index (κ2) is 7.76. The first kappa shape index (κ1) is 18.7. The second-order valence-corrected chi connectivity index (χ2v) is 7.78. The van der Waals surface area contributed by atoms with E-state index in [0.29, 0.717) is 0 Å². The molecule has 5 nitrogen and oxygen atoms in total. The van der Waals surface area contributed by atoms with Gasteiger partial charge < -0.3 is 9.72 Å². The monoisotopic (exact) mass is 377 g/mol. The van der Waals surface area contributed by atoms with Crippen LogP contribution >= 0.6 is 0 Å². The zero-order chi connectivity index (χ0) is 19.7. The van der Waals surface area contributed by atoms with Gasteiger partial charge in [0.15, 0.2) is 5.78 Å². The molecule has 5 heteroatoms. The average Bonchev–Trinajstić information content (AvgIpc) is 3.09. The van der Waals surface area contributed by atoms with Crippen molar-refractivity contribution in [3.05, 3.63) is 58.9 Å². The number of hydrogen-bond acceptors (Lipinski definition) is 4. The summed E-state index contributed by atoms with van der Waals surface area (Å²) in [5.41, 5.74) is 4.88. The number of piperidine rings is 1. The van der Waals surface area contributed by atoms with Crippen molar-refractivity contribution in [3.63, 3.8) is 0 Å². The maximum Gasteiger partial charge on any atom is 0.167 e. The number of ketones is 1. The Hall–Kier alpha value is -2.66. The third kappa shape index (κ3) is 3.67. The van der Waals surface area contributed by atoms with E-state index in [1.54, 1.807) is 7.11 Å². The molecule has 1 saturated heterocycles. The van der Waals surface area contributed by atoms with Gasteiger partial charge in [-0.1, -0.05) is 12.1 Å². The SMILES string of the molecule is COc1c(C)cc(C(=O)C2CCCN(Cc3nc4ccccc4[nH]3)C2)cc1C. The standard InChI is InChI=1S/C23H27N3O2/c1-15-11-18(12-16(2)23(15)28-3)22(27)17-7-6-10-26(13-17)14-21-24-19-8-4-5-9-20(19)25-21/h4-5,8-9,11-12,17H,6-7,10,13-14H2,1-3H3,(H,24,25). The number of methoxy groups -OCH3 is 1. The molecule has 1 N–H and O–H groups in total. The van der Waals surface area contributed by atoms with Crippen LogP contribution in [0, 0.1) is 19.8 Å². The molecule has 0 spiro atoms. The number of fused-ring (bicyclic) bond motifs is 1. The summed E-state index contributed by atoms with van der Waals surface area (Å²) in [7, 11) is 1.67. The van der Waals surface area contributed by atoms with Crippen molar-refractivity contribution in [2.75, 3.05) is 20.2 Å². The van der Waals surface area contributed by atoms with Gasteiger partial charge in [0, 0.05) is 18.0 Å². The van der Waals surface area contributed by atoms with Gasteiger partial charge in [0.2, 0.25) is 0 Å². The molecule has 2 heterocycles. The maximum atomic E-state index is 13.2. The van der Waals surface area contributed by atoms with Crippen molar-refractivity contribution in [2.24, 2.45) is 5.92 Å². The van der Waals surface area contributed by atoms with Crippen LogP contribution in [0.1, 0.15) is 40.2 Å². The summed E-state index contributed by atoms with van der Waals surface area (Å²) < 4.78 is 5.43. The Morgan fingerprint density at radius 3 is 2.71 bits per heavy atom. The number of Topliss-reactive ketones (excluding diaryl/α,β-unsaturated/α-hetero) is 1. The number of benzene rings is 2. The van der Waals surface area contributed by atoms with Crippen LogP contribution in [0.3, 0.4) is 0 Å². The number of nitrogens with one attached hydrogen (secondary N) is 1. The molecule has 1 aliphatic rings. The third-order valence-electron chi connectivity index (χ3n) is 5.64. The highest BCUT2D eigenvalue weighted by molar-refractivity contribution is 5.98. The molecule has 28 heavy (non-hydrogen) atoms. The third-order valence-corrected chi connectivity index (χ3v) is 5.64. The number of aromatic amines is 1. The fourth-order valence-corrected chi connectivity index (χ4v) is 4.36. The molecule has 146 valence electrons. The molecule has 1 fully saturated rings. The lowest BCUT2D eigenvalue weighted by molar-refractivity contribution is 0.0808. The van der Waals surface area contributed by atoms with Crippen LogP contribution in [0.15, 0.2) is 36.4 Å². The number of rotatable bonds is 5. The highest BCUT2D eigenvalue weighted by Crippen LogP contribution is 2.28. The molecule has 1 aromatic heterocycles. The lowest BCUT2D eigenvalue weighted by Crippen LogP contribution is -2.38. The van der Waals surface area contributed by atoms with Gasteiger partial charge in [-0.15, -0.1) is 0 Å². The van der Waals surface area contributed by atoms with Gasteiger partial charge in [-0.25, -0.2) is 4.98 Å². The minimum atomic E-state index is 0.0327. The van der Waals surface area contributed by atoms with Crippen molar-refractivity contribution < 1.29 is 9.53 Å². The summed E-state index contributed by atoms with van der Waals surface area (Å²) in [5, 5.41) is 0. The smallest absolute Gasteiger partial charge is 0.167 e. The number of nitrogens with zero attached hydrogens (tertiary/aromatic N) is 2. The number of H-pyrrole nitrogens is 1. The van der Waals surface area contributed by atoms with E-state index < -0.39 is 0 Å². The van der Waals surface area contributed by atoms with E-state index in [9.17, 15) is 4.79 Å². The summed E-state index contributed by atoms with van der Waals surface area (Å²) in [6.45, 7) is 6.52. The van der Waals surface area contributed by atoms with Crippen LogP contribution in [0.25, 0.3) is 11.0 Å². The van der Waals surface area contributed by atoms with Gasteiger partial charge >= 0.3 is 0 Å². The van der Waals surface area contributed by atoms with E-state index in [1.165, 1.54) is 0 Å². The summed E-state index contributed by atoms with van der Waals surface area (Å²) >= 11 is 0. The molecule has 4 rings (SSSR count). The van der Waals surface area contributed by atoms with Crippen molar-refractivity contribution in [1.29, 1.82) is 0 Å². The molecule has 2 aromatic carbocycles. The largest absolute Gasteiger partial charge is 0.496 e. The number of imidazole rings is 1. The first-order valence-electron chi connectivity index (χ1n) is 9.90. The average molecular weight is 377 g/mol. The Bertz CT molecular complexity index is 952. The van der Waals surface area contributed by atoms with Crippen LogP contribution in [0.4, 0.5) is 0 Å². The molecule has 0 amide bonds. The fraction of sp³-hybridized carbons (Fsp3) is 0.391. The Morgan fingerprint density at radius 1 is 1.25 bits per heavy atom. The van der Waals surface area contributed by atoms with Gasteiger partial charge in [0.05, 0.1) is 24.7 Å². The van der Waals surface area contributed by atoms with Crippen molar-refractivity contribution in [2.45, 2.75) is 33.2 Å². The normalized spacial score (nSPS) is 17.8. The van der Waals surface area contributed by atoms with E-state index in [-0.39, 0.29) is 11.7 Å². The highest BCUT2D eigenvalue weighted by Gasteiger charge is 2.27. The van der Waals surface area contributed by atoms with E-state index in [4.69, 9.17) is 4.74 Å². The summed E-state index contributed by atoms with van der Waals surface area (Å²) in [6.07, 6.45) is 1.98. The van der Waals surface area contributed by atoms with Crippen LogP contribution in [-0.2, 0) is 6.54 Å². The lowest BCUT2D eigenvalue weighted by atomic mass is 9.88. The number of para-hydroxylation sites is 2. The lowest BCUT2D eigenvalue weighted by Gasteiger charge is -2.31. The summed E-state index contributed by atoms with van der Waals surface area (Å²) in [4.78, 5) is 23.6. The maximum absolute atomic E-state index is 13.2. The molecule has 1 aliphatic heterocycles. The fourth-order valence-electron chi connectivity index (χ4n) is 4.36. The number of likely N-dealkylation sites (tertiary alicyclic amines) is 1. The van der Waals surface area contributed by atoms with E-state index in [1.807, 2.05) is 50.2 Å².